The Kier molecular flexibility index (Phi) is 7.17. The van der Waals surface area contributed by atoms with Crippen molar-refractivity contribution in [3.05, 3.63) is 50.7 Å². The highest BCUT2D eigenvalue weighted by Gasteiger charge is 2.29. The number of hydrogen-bond acceptors (Lipinski definition) is 6. The number of H-pyrrole nitrogens is 1. The highest BCUT2D eigenvalue weighted by molar-refractivity contribution is 5.98. The Balaban J connectivity index is 1.99. The van der Waals surface area contributed by atoms with E-state index in [1.807, 2.05) is 25.1 Å². The predicted octanol–water partition coefficient (Wildman–Crippen LogP) is 1.35. The first-order valence-electron chi connectivity index (χ1n) is 10.7. The van der Waals surface area contributed by atoms with Gasteiger partial charge in [-0.2, -0.15) is 0 Å². The van der Waals surface area contributed by atoms with Gasteiger partial charge in [-0.15, -0.1) is 0 Å². The van der Waals surface area contributed by atoms with Crippen LogP contribution in [0.5, 0.6) is 0 Å². The van der Waals surface area contributed by atoms with E-state index in [0.717, 1.165) is 18.5 Å². The average molecular weight is 430 g/mol. The van der Waals surface area contributed by atoms with Gasteiger partial charge in [0.1, 0.15) is 5.82 Å². The largest absolute Gasteiger partial charge is 0.383 e. The molecule has 2 aromatic rings. The van der Waals surface area contributed by atoms with Gasteiger partial charge < -0.3 is 20.3 Å². The second-order valence-electron chi connectivity index (χ2n) is 7.83. The summed E-state index contributed by atoms with van der Waals surface area (Å²) in [7, 11) is 1.53. The van der Waals surface area contributed by atoms with Gasteiger partial charge in [-0.25, -0.2) is 4.79 Å². The van der Waals surface area contributed by atoms with Crippen molar-refractivity contribution in [1.82, 2.24) is 9.55 Å². The third kappa shape index (κ3) is 4.66. The fraction of sp³-hybridized carbons (Fsp3) is 0.500. The Morgan fingerprint density at radius 2 is 2.06 bits per heavy atom. The minimum atomic E-state index is -0.675. The van der Waals surface area contributed by atoms with Gasteiger partial charge in [-0.1, -0.05) is 25.1 Å². The molecule has 1 aromatic carbocycles. The Hall–Kier alpha value is -3.07. The first-order valence-corrected chi connectivity index (χ1v) is 10.7. The molecule has 3 rings (SSSR count). The number of benzene rings is 1. The summed E-state index contributed by atoms with van der Waals surface area (Å²) in [5.41, 5.74) is 7.18. The molecule has 1 aliphatic heterocycles. The molecule has 1 amide bonds. The lowest BCUT2D eigenvalue weighted by atomic mass is 9.96. The molecule has 1 aromatic heterocycles. The van der Waals surface area contributed by atoms with Gasteiger partial charge in [0.15, 0.2) is 5.69 Å². The molecule has 0 radical (unpaired) electrons. The molecular formula is C22H31N5O4. The van der Waals surface area contributed by atoms with Crippen LogP contribution in [0, 0.1) is 0 Å². The Morgan fingerprint density at radius 3 is 2.77 bits per heavy atom. The lowest BCUT2D eigenvalue weighted by Gasteiger charge is -2.37. The zero-order chi connectivity index (χ0) is 22.5. The Bertz CT molecular complexity index is 1040. The second kappa shape index (κ2) is 9.82. The van der Waals surface area contributed by atoms with Gasteiger partial charge in [0.25, 0.3) is 5.56 Å². The first kappa shape index (κ1) is 22.6. The molecule has 0 saturated carbocycles. The minimum absolute atomic E-state index is 0.00644. The molecule has 3 N–H and O–H groups in total. The number of para-hydroxylation sites is 1. The van der Waals surface area contributed by atoms with Crippen LogP contribution < -0.4 is 26.8 Å². The van der Waals surface area contributed by atoms with Crippen LogP contribution in [0.15, 0.2) is 33.9 Å². The lowest BCUT2D eigenvalue weighted by Crippen LogP contribution is -2.49. The average Bonchev–Trinajstić information content (AvgIpc) is 2.75. The third-order valence-electron chi connectivity index (χ3n) is 5.72. The number of methoxy groups -OCH3 is 1. The number of hydrogen-bond donors (Lipinski definition) is 2. The summed E-state index contributed by atoms with van der Waals surface area (Å²) in [6.07, 6.45) is 2.56. The van der Waals surface area contributed by atoms with Crippen LogP contribution in [0.25, 0.3) is 0 Å². The van der Waals surface area contributed by atoms with Gasteiger partial charge in [-0.3, -0.25) is 19.1 Å². The zero-order valence-electron chi connectivity index (χ0n) is 18.4. The topological polar surface area (TPSA) is 114 Å². The van der Waals surface area contributed by atoms with Gasteiger partial charge in [0.2, 0.25) is 5.91 Å². The maximum atomic E-state index is 13.5. The molecule has 9 heteroatoms. The number of amides is 1. The number of aryl methyl sites for hydroxylation is 1. The number of aromatic nitrogens is 2. The number of aromatic amines is 1. The number of nitrogens with zero attached hydrogens (tertiary/aromatic N) is 3. The minimum Gasteiger partial charge on any atom is -0.383 e. The molecule has 0 spiro atoms. The highest BCUT2D eigenvalue weighted by atomic mass is 16.5. The molecule has 1 atom stereocenters. The second-order valence-corrected chi connectivity index (χ2v) is 7.83. The number of fused-ring (bicyclic) bond motifs is 1. The van der Waals surface area contributed by atoms with Crippen LogP contribution in [-0.4, -0.2) is 48.3 Å². The van der Waals surface area contributed by atoms with Crippen molar-refractivity contribution in [3.8, 4) is 0 Å². The zero-order valence-corrected chi connectivity index (χ0v) is 18.4. The van der Waals surface area contributed by atoms with Crippen LogP contribution in [0.2, 0.25) is 0 Å². The van der Waals surface area contributed by atoms with Crippen molar-refractivity contribution in [2.45, 2.75) is 45.7 Å². The summed E-state index contributed by atoms with van der Waals surface area (Å²) in [6.45, 7) is 4.80. The Morgan fingerprint density at radius 1 is 1.32 bits per heavy atom. The van der Waals surface area contributed by atoms with Gasteiger partial charge in [0, 0.05) is 31.9 Å². The summed E-state index contributed by atoms with van der Waals surface area (Å²) >= 11 is 0. The molecule has 168 valence electrons. The molecule has 0 saturated heterocycles. The molecule has 2 heterocycles. The molecule has 1 unspecified atom stereocenters. The fourth-order valence-electron chi connectivity index (χ4n) is 4.06. The van der Waals surface area contributed by atoms with Crippen molar-refractivity contribution >= 4 is 23.1 Å². The van der Waals surface area contributed by atoms with Crippen LogP contribution in [0.4, 0.5) is 17.2 Å². The number of nitrogens with two attached hydrogens (primary N) is 1. The van der Waals surface area contributed by atoms with E-state index in [0.29, 0.717) is 13.0 Å². The van der Waals surface area contributed by atoms with E-state index in [2.05, 4.69) is 22.9 Å². The van der Waals surface area contributed by atoms with E-state index in [-0.39, 0.29) is 43.2 Å². The van der Waals surface area contributed by atoms with E-state index in [9.17, 15) is 14.4 Å². The highest BCUT2D eigenvalue weighted by Crippen LogP contribution is 2.30. The molecular weight excluding hydrogens is 398 g/mol. The van der Waals surface area contributed by atoms with Gasteiger partial charge >= 0.3 is 5.69 Å². The summed E-state index contributed by atoms with van der Waals surface area (Å²) < 4.78 is 6.46. The van der Waals surface area contributed by atoms with E-state index < -0.39 is 11.2 Å². The molecule has 31 heavy (non-hydrogen) atoms. The predicted molar refractivity (Wildman–Crippen MR) is 122 cm³/mol. The standard InChI is InChI=1S/C22H31N5O4/c1-4-11-26-20(23)19(21(29)24-22(26)30)25(12-13-31-3)18(28)14-27-15(2)9-10-16-7-5-6-8-17(16)27/h5-8,15H,4,9-14,23H2,1-3H3,(H,24,29,30). The smallest absolute Gasteiger partial charge is 0.330 e. The van der Waals surface area contributed by atoms with E-state index >= 15 is 0 Å². The monoisotopic (exact) mass is 429 g/mol. The normalized spacial score (nSPS) is 15.6. The van der Waals surface area contributed by atoms with Crippen molar-refractivity contribution in [1.29, 1.82) is 0 Å². The molecule has 9 nitrogen and oxygen atoms in total. The summed E-state index contributed by atoms with van der Waals surface area (Å²) in [4.78, 5) is 44.0. The van der Waals surface area contributed by atoms with Crippen LogP contribution in [0.3, 0.4) is 0 Å². The van der Waals surface area contributed by atoms with Crippen molar-refractivity contribution < 1.29 is 9.53 Å². The number of ether oxygens (including phenoxy) is 1. The van der Waals surface area contributed by atoms with Crippen LogP contribution in [-0.2, 0) is 22.5 Å². The van der Waals surface area contributed by atoms with Gasteiger partial charge in [-0.05, 0) is 37.8 Å². The third-order valence-corrected chi connectivity index (χ3v) is 5.72. The van der Waals surface area contributed by atoms with E-state index in [4.69, 9.17) is 10.5 Å². The first-order chi connectivity index (χ1) is 14.9. The van der Waals surface area contributed by atoms with Crippen molar-refractivity contribution in [2.75, 3.05) is 42.3 Å². The SMILES string of the molecule is CCCn1c(N)c(N(CCOC)C(=O)CN2c3ccccc3CCC2C)c(=O)[nH]c1=O. The number of anilines is 3. The van der Waals surface area contributed by atoms with Gasteiger partial charge in [0.05, 0.1) is 13.2 Å². The summed E-state index contributed by atoms with van der Waals surface area (Å²) in [5.74, 6) is -0.286. The van der Waals surface area contributed by atoms with E-state index in [1.54, 1.807) is 0 Å². The maximum Gasteiger partial charge on any atom is 0.330 e. The number of nitrogen functional groups attached to an aromatic ring is 1. The molecule has 0 fully saturated rings. The number of carbonyl (C=O) groups is 1. The van der Waals surface area contributed by atoms with Crippen molar-refractivity contribution in [3.63, 3.8) is 0 Å². The maximum absolute atomic E-state index is 13.5. The van der Waals surface area contributed by atoms with Crippen LogP contribution in [0.1, 0.15) is 32.3 Å². The lowest BCUT2D eigenvalue weighted by molar-refractivity contribution is -0.117. The quantitative estimate of drug-likeness (QED) is 0.655. The van der Waals surface area contributed by atoms with E-state index in [1.165, 1.54) is 22.1 Å². The Labute approximate surface area is 181 Å². The number of carbonyl (C=O) groups excluding carboxylic acids is 1. The van der Waals surface area contributed by atoms with Crippen LogP contribution >= 0.6 is 0 Å². The van der Waals surface area contributed by atoms with Crippen molar-refractivity contribution in [2.24, 2.45) is 0 Å². The molecule has 1 aliphatic rings. The number of rotatable bonds is 8. The number of nitrogens with one attached hydrogen (secondary N) is 1. The molecule has 0 bridgehead atoms. The fourth-order valence-corrected chi connectivity index (χ4v) is 4.06. The summed E-state index contributed by atoms with van der Waals surface area (Å²) in [6, 6.07) is 8.22. The molecule has 0 aliphatic carbocycles. The summed E-state index contributed by atoms with van der Waals surface area (Å²) in [5, 5.41) is 0.